The minimum Gasteiger partial charge on any atom is -0.381 e. The molecule has 1 aromatic heterocycles. The van der Waals surface area contributed by atoms with Crippen LogP contribution in [0.3, 0.4) is 0 Å². The number of hydrogen-bond acceptors (Lipinski definition) is 3. The summed E-state index contributed by atoms with van der Waals surface area (Å²) in [6.45, 7) is 5.31. The van der Waals surface area contributed by atoms with Gasteiger partial charge >= 0.3 is 0 Å². The maximum Gasteiger partial charge on any atom is 0.0682 e. The number of methoxy groups -OCH3 is 1. The summed E-state index contributed by atoms with van der Waals surface area (Å²) >= 11 is 0. The first-order chi connectivity index (χ1) is 12.2. The highest BCUT2D eigenvalue weighted by atomic mass is 16.5. The van der Waals surface area contributed by atoms with Crippen LogP contribution in [0, 0.1) is 5.92 Å². The van der Waals surface area contributed by atoms with Crippen molar-refractivity contribution in [2.24, 2.45) is 5.92 Å². The van der Waals surface area contributed by atoms with Crippen LogP contribution in [0.2, 0.25) is 0 Å². The molecule has 3 atom stereocenters. The van der Waals surface area contributed by atoms with Gasteiger partial charge < -0.3 is 4.74 Å². The van der Waals surface area contributed by atoms with Crippen molar-refractivity contribution >= 4 is 10.9 Å². The summed E-state index contributed by atoms with van der Waals surface area (Å²) in [7, 11) is 1.78. The van der Waals surface area contributed by atoms with Crippen molar-refractivity contribution < 1.29 is 4.74 Å². The second-order valence-corrected chi connectivity index (χ2v) is 7.80. The van der Waals surface area contributed by atoms with Crippen molar-refractivity contribution in [2.45, 2.75) is 51.2 Å². The normalized spacial score (nSPS) is 26.6. The molecule has 0 unspecified atom stereocenters. The van der Waals surface area contributed by atoms with E-state index < -0.39 is 0 Å². The van der Waals surface area contributed by atoms with Crippen LogP contribution in [0.1, 0.15) is 32.6 Å². The summed E-state index contributed by atoms with van der Waals surface area (Å²) in [6.07, 6.45) is 9.47. The zero-order valence-electron chi connectivity index (χ0n) is 15.4. The monoisotopic (exact) mass is 339 g/mol. The fourth-order valence-electron chi connectivity index (χ4n) is 4.69. The molecule has 4 heteroatoms. The molecule has 2 fully saturated rings. The lowest BCUT2D eigenvalue weighted by molar-refractivity contribution is 0.136. The molecule has 0 N–H and O–H groups in total. The van der Waals surface area contributed by atoms with E-state index in [2.05, 4.69) is 51.9 Å². The molecule has 0 spiro atoms. The van der Waals surface area contributed by atoms with Gasteiger partial charge in [-0.3, -0.25) is 9.58 Å². The highest BCUT2D eigenvalue weighted by molar-refractivity contribution is 5.78. The minimum absolute atomic E-state index is 0.607. The van der Waals surface area contributed by atoms with Crippen LogP contribution in [0.4, 0.5) is 0 Å². The van der Waals surface area contributed by atoms with E-state index in [4.69, 9.17) is 4.74 Å². The van der Waals surface area contributed by atoms with Crippen molar-refractivity contribution in [1.82, 2.24) is 14.7 Å². The number of piperidine rings is 1. The molecule has 2 aliphatic heterocycles. The quantitative estimate of drug-likeness (QED) is 0.749. The van der Waals surface area contributed by atoms with E-state index in [0.29, 0.717) is 5.92 Å². The third-order valence-corrected chi connectivity index (χ3v) is 5.86. The summed E-state index contributed by atoms with van der Waals surface area (Å²) in [5.41, 5.74) is 2.86. The lowest BCUT2D eigenvalue weighted by Crippen LogP contribution is -2.43. The van der Waals surface area contributed by atoms with Gasteiger partial charge in [0.2, 0.25) is 0 Å². The van der Waals surface area contributed by atoms with Gasteiger partial charge in [-0.2, -0.15) is 5.10 Å². The zero-order valence-corrected chi connectivity index (χ0v) is 15.4. The number of benzene rings is 1. The van der Waals surface area contributed by atoms with Gasteiger partial charge in [-0.05, 0) is 37.7 Å². The number of nitrogens with zero attached hydrogens (tertiary/aromatic N) is 3. The predicted octanol–water partition coefficient (Wildman–Crippen LogP) is 3.87. The average molecular weight is 339 g/mol. The van der Waals surface area contributed by atoms with Crippen LogP contribution in [-0.2, 0) is 11.3 Å². The molecule has 2 saturated heterocycles. The van der Waals surface area contributed by atoms with Gasteiger partial charge in [0.05, 0.1) is 18.3 Å². The zero-order chi connectivity index (χ0) is 17.2. The van der Waals surface area contributed by atoms with Crippen LogP contribution in [0.25, 0.3) is 10.9 Å². The lowest BCUT2D eigenvalue weighted by Gasteiger charge is -2.37. The first-order valence-corrected chi connectivity index (χ1v) is 9.57. The third kappa shape index (κ3) is 3.51. The SMILES string of the molecule is COC/C=C1\C[C@H]2CC[C@@H](C1)N2C[C@@H](C)Cn1ncc2ccccc21. The molecule has 134 valence electrons. The smallest absolute Gasteiger partial charge is 0.0682 e. The van der Waals surface area contributed by atoms with E-state index in [0.717, 1.165) is 25.2 Å². The molecule has 0 amide bonds. The maximum atomic E-state index is 5.22. The molecule has 0 radical (unpaired) electrons. The predicted molar refractivity (Wildman–Crippen MR) is 102 cm³/mol. The van der Waals surface area contributed by atoms with E-state index in [1.807, 2.05) is 6.20 Å². The molecule has 0 saturated carbocycles. The summed E-state index contributed by atoms with van der Waals surface area (Å²) < 4.78 is 7.40. The van der Waals surface area contributed by atoms with Crippen LogP contribution in [-0.4, -0.2) is 47.0 Å². The Kier molecular flexibility index (Phi) is 4.91. The topological polar surface area (TPSA) is 30.3 Å². The van der Waals surface area contributed by atoms with E-state index >= 15 is 0 Å². The molecule has 0 aliphatic carbocycles. The second-order valence-electron chi connectivity index (χ2n) is 7.80. The van der Waals surface area contributed by atoms with Gasteiger partial charge in [0.1, 0.15) is 0 Å². The molecule has 2 aliphatic rings. The Hall–Kier alpha value is -1.65. The molecule has 2 aromatic rings. The Labute approximate surface area is 150 Å². The van der Waals surface area contributed by atoms with E-state index in [-0.39, 0.29) is 0 Å². The fourth-order valence-corrected chi connectivity index (χ4v) is 4.69. The van der Waals surface area contributed by atoms with Crippen molar-refractivity contribution in [1.29, 1.82) is 0 Å². The van der Waals surface area contributed by atoms with Gasteiger partial charge in [-0.1, -0.05) is 36.8 Å². The molecular formula is C21H29N3O. The molecule has 4 nitrogen and oxygen atoms in total. The number of fused-ring (bicyclic) bond motifs is 3. The van der Waals surface area contributed by atoms with Crippen molar-refractivity contribution in [3.8, 4) is 0 Å². The Morgan fingerprint density at radius 1 is 1.20 bits per heavy atom. The molecule has 4 rings (SSSR count). The number of para-hydroxylation sites is 1. The highest BCUT2D eigenvalue weighted by Crippen LogP contribution is 2.38. The molecule has 2 bridgehead atoms. The van der Waals surface area contributed by atoms with Gasteiger partial charge in [0, 0.05) is 37.7 Å². The van der Waals surface area contributed by atoms with Crippen LogP contribution in [0.15, 0.2) is 42.1 Å². The first kappa shape index (κ1) is 16.8. The third-order valence-electron chi connectivity index (χ3n) is 5.86. The van der Waals surface area contributed by atoms with Crippen LogP contribution in [0.5, 0.6) is 0 Å². The average Bonchev–Trinajstić information content (AvgIpc) is 3.11. The van der Waals surface area contributed by atoms with E-state index in [9.17, 15) is 0 Å². The number of aromatic nitrogens is 2. The summed E-state index contributed by atoms with van der Waals surface area (Å²) in [5, 5.41) is 5.84. The van der Waals surface area contributed by atoms with Gasteiger partial charge in [-0.25, -0.2) is 0 Å². The Bertz CT molecular complexity index is 734. The molecule has 1 aromatic carbocycles. The molecular weight excluding hydrogens is 310 g/mol. The van der Waals surface area contributed by atoms with Gasteiger partial charge in [-0.15, -0.1) is 0 Å². The Balaban J connectivity index is 1.39. The summed E-state index contributed by atoms with van der Waals surface area (Å²) in [6, 6.07) is 9.97. The highest BCUT2D eigenvalue weighted by Gasteiger charge is 2.38. The van der Waals surface area contributed by atoms with Gasteiger partial charge in [0.15, 0.2) is 0 Å². The largest absolute Gasteiger partial charge is 0.381 e. The van der Waals surface area contributed by atoms with Gasteiger partial charge in [0.25, 0.3) is 0 Å². The van der Waals surface area contributed by atoms with E-state index in [1.54, 1.807) is 12.7 Å². The minimum atomic E-state index is 0.607. The first-order valence-electron chi connectivity index (χ1n) is 9.57. The molecule has 25 heavy (non-hydrogen) atoms. The van der Waals surface area contributed by atoms with Crippen LogP contribution >= 0.6 is 0 Å². The summed E-state index contributed by atoms with van der Waals surface area (Å²) in [4.78, 5) is 2.78. The Morgan fingerprint density at radius 3 is 2.72 bits per heavy atom. The standard InChI is InChI=1S/C21H29N3O/c1-16(15-24-21-6-4-3-5-18(21)13-22-24)14-23-19-7-8-20(23)12-17(11-19)9-10-25-2/h3-6,9,13,16,19-20H,7-8,10-12,14-15H2,1-2H3/b17-9-/t16-,19+,20-/m1/s1. The number of ether oxygens (including phenoxy) is 1. The van der Waals surface area contributed by atoms with E-state index in [1.165, 1.54) is 43.1 Å². The number of hydrogen-bond donors (Lipinski definition) is 0. The molecule has 3 heterocycles. The summed E-state index contributed by atoms with van der Waals surface area (Å²) in [5.74, 6) is 0.607. The van der Waals surface area contributed by atoms with Crippen molar-refractivity contribution in [3.05, 3.63) is 42.1 Å². The van der Waals surface area contributed by atoms with Crippen molar-refractivity contribution in [2.75, 3.05) is 20.3 Å². The fraction of sp³-hybridized carbons (Fsp3) is 0.571. The van der Waals surface area contributed by atoms with Crippen LogP contribution < -0.4 is 0 Å². The lowest BCUT2D eigenvalue weighted by atomic mass is 9.95. The second kappa shape index (κ2) is 7.30. The number of rotatable bonds is 6. The van der Waals surface area contributed by atoms with Crippen molar-refractivity contribution in [3.63, 3.8) is 0 Å². The maximum absolute atomic E-state index is 5.22. The Morgan fingerprint density at radius 2 is 1.96 bits per heavy atom.